The lowest BCUT2D eigenvalue weighted by Gasteiger charge is -2.29. The lowest BCUT2D eigenvalue weighted by molar-refractivity contribution is -0.226. The van der Waals surface area contributed by atoms with Crippen LogP contribution in [0.2, 0.25) is 0 Å². The number of ether oxygens (including phenoxy) is 1. The number of aromatic nitrogens is 2. The second kappa shape index (κ2) is 4.68. The summed E-state index contributed by atoms with van der Waals surface area (Å²) in [5.74, 6) is -0.219. The maximum Gasteiger partial charge on any atom is 0.297 e. The highest BCUT2D eigenvalue weighted by molar-refractivity contribution is 5.93. The first-order valence-electron chi connectivity index (χ1n) is 6.05. The molecular formula is C11H16N4O3. The molecule has 0 radical (unpaired) electrons. The Hall–Kier alpha value is -1.44. The van der Waals surface area contributed by atoms with Crippen LogP contribution >= 0.6 is 0 Å². The number of hydrogen-bond donors (Lipinski definition) is 2. The number of H-pyrrole nitrogens is 1. The third-order valence-electron chi connectivity index (χ3n) is 3.21. The fourth-order valence-electron chi connectivity index (χ4n) is 2.10. The van der Waals surface area contributed by atoms with Gasteiger partial charge in [0.05, 0.1) is 13.2 Å². The first-order chi connectivity index (χ1) is 8.75. The van der Waals surface area contributed by atoms with Gasteiger partial charge in [0.25, 0.3) is 5.91 Å². The van der Waals surface area contributed by atoms with Crippen molar-refractivity contribution in [2.24, 2.45) is 0 Å². The van der Waals surface area contributed by atoms with Gasteiger partial charge < -0.3 is 10.1 Å². The van der Waals surface area contributed by atoms with Crippen LogP contribution in [0.5, 0.6) is 0 Å². The summed E-state index contributed by atoms with van der Waals surface area (Å²) in [6.45, 7) is 2.66. The lowest BCUT2D eigenvalue weighted by Crippen LogP contribution is -2.43. The molecule has 1 fully saturated rings. The monoisotopic (exact) mass is 252 g/mol. The van der Waals surface area contributed by atoms with Crippen LogP contribution < -0.4 is 5.32 Å². The molecule has 0 atom stereocenters. The van der Waals surface area contributed by atoms with Crippen LogP contribution in [0.15, 0.2) is 0 Å². The number of hydroxylamine groups is 2. The van der Waals surface area contributed by atoms with Gasteiger partial charge >= 0.3 is 0 Å². The van der Waals surface area contributed by atoms with E-state index in [0.717, 1.165) is 24.2 Å². The van der Waals surface area contributed by atoms with Crippen molar-refractivity contribution in [3.05, 3.63) is 17.0 Å². The van der Waals surface area contributed by atoms with Gasteiger partial charge in [-0.3, -0.25) is 14.7 Å². The Morgan fingerprint density at radius 1 is 1.56 bits per heavy atom. The topological polar surface area (TPSA) is 79.5 Å². The van der Waals surface area contributed by atoms with Crippen LogP contribution in [0.1, 0.15) is 21.7 Å². The van der Waals surface area contributed by atoms with Crippen molar-refractivity contribution in [3.8, 4) is 0 Å². The summed E-state index contributed by atoms with van der Waals surface area (Å²) >= 11 is 0. The predicted octanol–water partition coefficient (Wildman–Crippen LogP) is -0.542. The lowest BCUT2D eigenvalue weighted by atomic mass is 10.1. The molecule has 0 bridgehead atoms. The standard InChI is InChI=1S/C11H16N4O3/c1-15(18-7-5-17-6-7)11(16)10-8-4-12-3-2-9(8)13-14-10/h7,12H,2-6H2,1H3,(H,13,14). The molecule has 3 heterocycles. The molecule has 7 heteroatoms. The summed E-state index contributed by atoms with van der Waals surface area (Å²) in [7, 11) is 1.61. The molecule has 98 valence electrons. The molecule has 2 N–H and O–H groups in total. The SMILES string of the molecule is CN(OC1COC1)C(=O)c1n[nH]c2c1CNCC2. The van der Waals surface area contributed by atoms with Crippen LogP contribution in [-0.4, -0.2) is 54.1 Å². The van der Waals surface area contributed by atoms with Crippen LogP contribution in [0.3, 0.4) is 0 Å². The van der Waals surface area contributed by atoms with Crippen molar-refractivity contribution in [3.63, 3.8) is 0 Å². The van der Waals surface area contributed by atoms with Crippen LogP contribution in [-0.2, 0) is 22.5 Å². The molecule has 0 unspecified atom stereocenters. The molecule has 2 aliphatic rings. The smallest absolute Gasteiger partial charge is 0.297 e. The number of carbonyl (C=O) groups is 1. The number of rotatable bonds is 3. The zero-order valence-electron chi connectivity index (χ0n) is 10.2. The van der Waals surface area contributed by atoms with Crippen molar-refractivity contribution >= 4 is 5.91 Å². The molecule has 0 saturated carbocycles. The van der Waals surface area contributed by atoms with Gasteiger partial charge in [0.1, 0.15) is 6.10 Å². The van der Waals surface area contributed by atoms with E-state index in [-0.39, 0.29) is 12.0 Å². The zero-order valence-corrected chi connectivity index (χ0v) is 10.2. The highest BCUT2D eigenvalue weighted by Crippen LogP contribution is 2.17. The van der Waals surface area contributed by atoms with Crippen molar-refractivity contribution in [2.75, 3.05) is 26.8 Å². The molecule has 3 rings (SSSR count). The van der Waals surface area contributed by atoms with Crippen LogP contribution in [0.25, 0.3) is 0 Å². The third-order valence-corrected chi connectivity index (χ3v) is 3.21. The Bertz CT molecular complexity index is 455. The molecule has 0 aliphatic carbocycles. The molecular weight excluding hydrogens is 236 g/mol. The van der Waals surface area contributed by atoms with E-state index in [1.807, 2.05) is 0 Å². The number of aromatic amines is 1. The minimum atomic E-state index is -0.219. The van der Waals surface area contributed by atoms with Gasteiger partial charge in [0.2, 0.25) is 0 Å². The zero-order chi connectivity index (χ0) is 12.5. The molecule has 18 heavy (non-hydrogen) atoms. The van der Waals surface area contributed by atoms with E-state index < -0.39 is 0 Å². The molecule has 7 nitrogen and oxygen atoms in total. The molecule has 0 aromatic carbocycles. The fourth-order valence-corrected chi connectivity index (χ4v) is 2.10. The van der Waals surface area contributed by atoms with Crippen molar-refractivity contribution in [1.29, 1.82) is 0 Å². The van der Waals surface area contributed by atoms with Gasteiger partial charge in [-0.05, 0) is 0 Å². The van der Waals surface area contributed by atoms with E-state index in [1.54, 1.807) is 7.05 Å². The van der Waals surface area contributed by atoms with Crippen molar-refractivity contribution < 1.29 is 14.4 Å². The minimum absolute atomic E-state index is 0.0214. The van der Waals surface area contributed by atoms with Gasteiger partial charge in [-0.25, -0.2) is 5.06 Å². The van der Waals surface area contributed by atoms with Gasteiger partial charge in [0, 0.05) is 37.8 Å². The van der Waals surface area contributed by atoms with E-state index in [0.29, 0.717) is 25.5 Å². The second-order valence-corrected chi connectivity index (χ2v) is 4.52. The Labute approximate surface area is 104 Å². The van der Waals surface area contributed by atoms with E-state index in [2.05, 4.69) is 15.5 Å². The number of amides is 1. The molecule has 1 saturated heterocycles. The quantitative estimate of drug-likeness (QED) is 0.706. The fraction of sp³-hybridized carbons (Fsp3) is 0.636. The van der Waals surface area contributed by atoms with Gasteiger partial charge in [-0.2, -0.15) is 5.10 Å². The Kier molecular flexibility index (Phi) is 3.02. The summed E-state index contributed by atoms with van der Waals surface area (Å²) in [6, 6.07) is 0. The number of carbonyl (C=O) groups excluding carboxylic acids is 1. The van der Waals surface area contributed by atoms with E-state index in [9.17, 15) is 4.79 Å². The van der Waals surface area contributed by atoms with E-state index in [4.69, 9.17) is 9.57 Å². The average Bonchev–Trinajstić information content (AvgIpc) is 2.76. The second-order valence-electron chi connectivity index (χ2n) is 4.52. The number of nitrogens with one attached hydrogen (secondary N) is 2. The minimum Gasteiger partial charge on any atom is -0.376 e. The first kappa shape index (κ1) is 11.6. The summed E-state index contributed by atoms with van der Waals surface area (Å²) in [5, 5.41) is 11.5. The van der Waals surface area contributed by atoms with Crippen LogP contribution in [0.4, 0.5) is 0 Å². The van der Waals surface area contributed by atoms with Gasteiger partial charge in [-0.1, -0.05) is 0 Å². The molecule has 1 aromatic heterocycles. The van der Waals surface area contributed by atoms with Crippen molar-refractivity contribution in [2.45, 2.75) is 19.1 Å². The summed E-state index contributed by atoms with van der Waals surface area (Å²) in [4.78, 5) is 17.7. The summed E-state index contributed by atoms with van der Waals surface area (Å²) in [5.41, 5.74) is 2.43. The van der Waals surface area contributed by atoms with Crippen molar-refractivity contribution in [1.82, 2.24) is 20.6 Å². The number of fused-ring (bicyclic) bond motifs is 1. The average molecular weight is 252 g/mol. The Morgan fingerprint density at radius 3 is 3.11 bits per heavy atom. The van der Waals surface area contributed by atoms with E-state index in [1.165, 1.54) is 5.06 Å². The van der Waals surface area contributed by atoms with Gasteiger partial charge in [0.15, 0.2) is 5.69 Å². The largest absolute Gasteiger partial charge is 0.376 e. The highest BCUT2D eigenvalue weighted by Gasteiger charge is 2.28. The summed E-state index contributed by atoms with van der Waals surface area (Å²) < 4.78 is 5.00. The molecule has 1 aromatic rings. The predicted molar refractivity (Wildman–Crippen MR) is 61.8 cm³/mol. The molecule has 0 spiro atoms. The van der Waals surface area contributed by atoms with E-state index >= 15 is 0 Å². The molecule has 2 aliphatic heterocycles. The maximum absolute atomic E-state index is 12.2. The number of hydrogen-bond acceptors (Lipinski definition) is 5. The maximum atomic E-state index is 12.2. The third kappa shape index (κ3) is 2.00. The number of nitrogens with zero attached hydrogens (tertiary/aromatic N) is 2. The first-order valence-corrected chi connectivity index (χ1v) is 6.05. The Balaban J connectivity index is 1.72. The van der Waals surface area contributed by atoms with Gasteiger partial charge in [-0.15, -0.1) is 0 Å². The molecule has 1 amide bonds. The normalized spacial score (nSPS) is 19.2. The highest BCUT2D eigenvalue weighted by atomic mass is 16.7. The van der Waals surface area contributed by atoms with Crippen LogP contribution in [0, 0.1) is 0 Å². The summed E-state index contributed by atoms with van der Waals surface area (Å²) in [6.07, 6.45) is 0.850. The Morgan fingerprint density at radius 2 is 2.39 bits per heavy atom.